The van der Waals surface area contributed by atoms with Crippen LogP contribution in [0.15, 0.2) is 69.9 Å². The predicted molar refractivity (Wildman–Crippen MR) is 132 cm³/mol. The second kappa shape index (κ2) is 8.41. The third-order valence-electron chi connectivity index (χ3n) is 5.19. The summed E-state index contributed by atoms with van der Waals surface area (Å²) in [5.74, 6) is 1.23. The SMILES string of the molecule is COc1cc(/C=c2\sc3nc4ccccc4n3c2=O)c(Br)cc1OCc1cccc(C)c1. The van der Waals surface area contributed by atoms with Gasteiger partial charge in [-0.15, -0.1) is 0 Å². The van der Waals surface area contributed by atoms with Crippen molar-refractivity contribution in [3.63, 3.8) is 0 Å². The summed E-state index contributed by atoms with van der Waals surface area (Å²) < 4.78 is 14.7. The molecule has 0 unspecified atom stereocenters. The van der Waals surface area contributed by atoms with E-state index in [1.807, 2.05) is 54.6 Å². The van der Waals surface area contributed by atoms with Crippen LogP contribution in [-0.2, 0) is 6.61 Å². The Morgan fingerprint density at radius 3 is 2.75 bits per heavy atom. The van der Waals surface area contributed by atoms with E-state index in [9.17, 15) is 4.79 Å². The van der Waals surface area contributed by atoms with E-state index in [0.29, 0.717) is 27.6 Å². The maximum Gasteiger partial charge on any atom is 0.274 e. The van der Waals surface area contributed by atoms with Gasteiger partial charge in [-0.05, 0) is 48.4 Å². The molecule has 0 aliphatic rings. The van der Waals surface area contributed by atoms with Crippen molar-refractivity contribution in [2.45, 2.75) is 13.5 Å². The minimum absolute atomic E-state index is 0.0793. The van der Waals surface area contributed by atoms with Gasteiger partial charge in [0.05, 0.1) is 22.7 Å². The fourth-order valence-electron chi connectivity index (χ4n) is 3.65. The van der Waals surface area contributed by atoms with Gasteiger partial charge in [0, 0.05) is 4.47 Å². The molecule has 3 aromatic carbocycles. The number of ether oxygens (including phenoxy) is 2. The van der Waals surface area contributed by atoms with Crippen molar-refractivity contribution in [1.82, 2.24) is 9.38 Å². The normalized spacial score (nSPS) is 12.0. The van der Waals surface area contributed by atoms with E-state index in [2.05, 4.69) is 40.0 Å². The largest absolute Gasteiger partial charge is 0.493 e. The molecule has 2 heterocycles. The van der Waals surface area contributed by atoms with Gasteiger partial charge in [-0.1, -0.05) is 69.2 Å². The van der Waals surface area contributed by atoms with Crippen molar-refractivity contribution in [1.29, 1.82) is 0 Å². The molecule has 5 aromatic rings. The first-order valence-electron chi connectivity index (χ1n) is 10.0. The van der Waals surface area contributed by atoms with Gasteiger partial charge in [0.25, 0.3) is 5.56 Å². The van der Waals surface area contributed by atoms with Gasteiger partial charge in [0.2, 0.25) is 0 Å². The fourth-order valence-corrected chi connectivity index (χ4v) is 5.06. The quantitative estimate of drug-likeness (QED) is 0.332. The number of nitrogens with zero attached hydrogens (tertiary/aromatic N) is 2. The third-order valence-corrected chi connectivity index (χ3v) is 6.85. The Balaban J connectivity index is 1.52. The number of rotatable bonds is 5. The first-order chi connectivity index (χ1) is 15.5. The van der Waals surface area contributed by atoms with E-state index in [0.717, 1.165) is 26.6 Å². The van der Waals surface area contributed by atoms with Crippen LogP contribution in [0.25, 0.3) is 22.1 Å². The van der Waals surface area contributed by atoms with Crippen molar-refractivity contribution in [2.24, 2.45) is 0 Å². The molecule has 0 saturated carbocycles. The van der Waals surface area contributed by atoms with Crippen molar-refractivity contribution < 1.29 is 9.47 Å². The molecule has 0 saturated heterocycles. The first-order valence-corrected chi connectivity index (χ1v) is 11.6. The summed E-state index contributed by atoms with van der Waals surface area (Å²) in [7, 11) is 1.61. The minimum Gasteiger partial charge on any atom is -0.493 e. The molecule has 32 heavy (non-hydrogen) atoms. The molecule has 0 N–H and O–H groups in total. The van der Waals surface area contributed by atoms with Crippen LogP contribution < -0.4 is 19.6 Å². The Bertz CT molecular complexity index is 1570. The maximum absolute atomic E-state index is 13.1. The van der Waals surface area contributed by atoms with Crippen LogP contribution in [0.4, 0.5) is 0 Å². The Kier molecular flexibility index (Phi) is 5.45. The second-order valence-corrected chi connectivity index (χ2v) is 9.30. The molecule has 0 aliphatic carbocycles. The lowest BCUT2D eigenvalue weighted by Gasteiger charge is -2.13. The molecule has 0 amide bonds. The van der Waals surface area contributed by atoms with Gasteiger partial charge in [0.15, 0.2) is 16.5 Å². The molecule has 160 valence electrons. The zero-order valence-electron chi connectivity index (χ0n) is 17.5. The lowest BCUT2D eigenvalue weighted by Crippen LogP contribution is -2.22. The standard InChI is InChI=1S/C25H19BrN2O3S/c1-15-6-5-7-16(10-15)14-31-22-13-18(26)17(11-21(22)30-2)12-23-24(29)28-20-9-4-3-8-19(20)27-25(28)32-23/h3-13H,14H2,1-2H3/b23-12-. The number of imidazole rings is 1. The van der Waals surface area contributed by atoms with E-state index in [4.69, 9.17) is 9.47 Å². The monoisotopic (exact) mass is 506 g/mol. The Morgan fingerprint density at radius 2 is 1.94 bits per heavy atom. The van der Waals surface area contributed by atoms with E-state index < -0.39 is 0 Å². The predicted octanol–water partition coefficient (Wildman–Crippen LogP) is 5.12. The highest BCUT2D eigenvalue weighted by Crippen LogP contribution is 2.34. The van der Waals surface area contributed by atoms with Crippen LogP contribution in [0.2, 0.25) is 0 Å². The Hall–Kier alpha value is -3.16. The number of aromatic nitrogens is 2. The summed E-state index contributed by atoms with van der Waals surface area (Å²) in [6, 6.07) is 19.6. The Morgan fingerprint density at radius 1 is 1.09 bits per heavy atom. The highest BCUT2D eigenvalue weighted by molar-refractivity contribution is 9.10. The zero-order chi connectivity index (χ0) is 22.2. The smallest absolute Gasteiger partial charge is 0.274 e. The lowest BCUT2D eigenvalue weighted by atomic mass is 10.1. The molecule has 0 fully saturated rings. The van der Waals surface area contributed by atoms with Gasteiger partial charge in [-0.25, -0.2) is 9.38 Å². The number of aryl methyl sites for hydroxylation is 1. The Labute approximate surface area is 196 Å². The molecule has 0 radical (unpaired) electrons. The number of fused-ring (bicyclic) bond motifs is 3. The summed E-state index contributed by atoms with van der Waals surface area (Å²) in [4.78, 5) is 18.3. The lowest BCUT2D eigenvalue weighted by molar-refractivity contribution is 0.284. The maximum atomic E-state index is 13.1. The zero-order valence-corrected chi connectivity index (χ0v) is 19.9. The van der Waals surface area contributed by atoms with Gasteiger partial charge in [-0.2, -0.15) is 0 Å². The number of halogens is 1. The number of hydrogen-bond donors (Lipinski definition) is 0. The molecule has 7 heteroatoms. The molecular weight excluding hydrogens is 488 g/mol. The number of hydrogen-bond acceptors (Lipinski definition) is 5. The van der Waals surface area contributed by atoms with Crippen LogP contribution in [0, 0.1) is 6.92 Å². The van der Waals surface area contributed by atoms with Gasteiger partial charge in [0.1, 0.15) is 6.61 Å². The van der Waals surface area contributed by atoms with Crippen molar-refractivity contribution in [3.8, 4) is 11.5 Å². The average molecular weight is 507 g/mol. The van der Waals surface area contributed by atoms with Crippen molar-refractivity contribution in [2.75, 3.05) is 7.11 Å². The number of para-hydroxylation sites is 2. The second-order valence-electron chi connectivity index (χ2n) is 7.44. The summed E-state index contributed by atoms with van der Waals surface area (Å²) in [5, 5.41) is 0. The van der Waals surface area contributed by atoms with E-state index >= 15 is 0 Å². The molecule has 0 aliphatic heterocycles. The molecule has 0 atom stereocenters. The van der Waals surface area contributed by atoms with Crippen LogP contribution in [0.1, 0.15) is 16.7 Å². The average Bonchev–Trinajstić information content (AvgIpc) is 3.30. The highest BCUT2D eigenvalue weighted by Gasteiger charge is 2.13. The molecule has 5 nitrogen and oxygen atoms in total. The topological polar surface area (TPSA) is 52.8 Å². The molecular formula is C25H19BrN2O3S. The summed E-state index contributed by atoms with van der Waals surface area (Å²) in [5.41, 5.74) is 4.66. The fraction of sp³-hybridized carbons (Fsp3) is 0.120. The molecule has 0 bridgehead atoms. The number of methoxy groups -OCH3 is 1. The van der Waals surface area contributed by atoms with Crippen LogP contribution in [0.5, 0.6) is 11.5 Å². The summed E-state index contributed by atoms with van der Waals surface area (Å²) in [6.45, 7) is 2.49. The third kappa shape index (κ3) is 3.78. The van der Waals surface area contributed by atoms with E-state index in [1.54, 1.807) is 11.5 Å². The first kappa shape index (κ1) is 20.7. The molecule has 0 spiro atoms. The number of benzene rings is 3. The highest BCUT2D eigenvalue weighted by atomic mass is 79.9. The van der Waals surface area contributed by atoms with Crippen molar-refractivity contribution >= 4 is 49.3 Å². The van der Waals surface area contributed by atoms with Crippen molar-refractivity contribution in [3.05, 3.63) is 96.7 Å². The minimum atomic E-state index is -0.0793. The van der Waals surface area contributed by atoms with E-state index in [1.165, 1.54) is 16.9 Å². The van der Waals surface area contributed by atoms with Crippen LogP contribution in [0.3, 0.4) is 0 Å². The summed E-state index contributed by atoms with van der Waals surface area (Å²) >= 11 is 4.99. The molecule has 5 rings (SSSR count). The number of thiazole rings is 1. The van der Waals surface area contributed by atoms with E-state index in [-0.39, 0.29) is 5.56 Å². The summed E-state index contributed by atoms with van der Waals surface area (Å²) in [6.07, 6.45) is 1.85. The van der Waals surface area contributed by atoms with Gasteiger partial charge >= 0.3 is 0 Å². The molecule has 2 aromatic heterocycles. The van der Waals surface area contributed by atoms with Gasteiger partial charge in [-0.3, -0.25) is 4.79 Å². The van der Waals surface area contributed by atoms with Gasteiger partial charge < -0.3 is 9.47 Å². The van der Waals surface area contributed by atoms with Crippen LogP contribution >= 0.6 is 27.3 Å². The van der Waals surface area contributed by atoms with Crippen LogP contribution in [-0.4, -0.2) is 16.5 Å².